The second-order valence-corrected chi connectivity index (χ2v) is 6.47. The van der Waals surface area contributed by atoms with Gasteiger partial charge >= 0.3 is 0 Å². The smallest absolute Gasteiger partial charge is 0.251 e. The summed E-state index contributed by atoms with van der Waals surface area (Å²) in [4.78, 5) is 14.6. The molecule has 3 aromatic rings. The van der Waals surface area contributed by atoms with E-state index in [1.54, 1.807) is 16.0 Å². The first-order valence-electron chi connectivity index (χ1n) is 7.34. The molecule has 0 saturated carbocycles. The van der Waals surface area contributed by atoms with Crippen LogP contribution in [0.15, 0.2) is 47.4 Å². The molecule has 0 spiro atoms. The number of thiophene rings is 1. The minimum absolute atomic E-state index is 0.0502. The Balaban J connectivity index is 1.70. The number of rotatable bonds is 4. The monoisotopic (exact) mass is 325 g/mol. The molecule has 2 atom stereocenters. The van der Waals surface area contributed by atoms with Crippen LogP contribution in [-0.4, -0.2) is 31.0 Å². The highest BCUT2D eigenvalue weighted by Gasteiger charge is 2.50. The fourth-order valence-electron chi connectivity index (χ4n) is 3.06. The van der Waals surface area contributed by atoms with E-state index < -0.39 is 0 Å². The molecule has 2 aromatic heterocycles. The Bertz CT molecular complexity index is 815. The van der Waals surface area contributed by atoms with Crippen molar-refractivity contribution in [2.45, 2.75) is 25.6 Å². The van der Waals surface area contributed by atoms with Crippen LogP contribution in [0, 0.1) is 6.92 Å². The number of benzene rings is 1. The van der Waals surface area contributed by atoms with Crippen LogP contribution in [0.1, 0.15) is 28.8 Å². The number of tetrazole rings is 1. The lowest BCUT2D eigenvalue weighted by Gasteiger charge is -2.46. The van der Waals surface area contributed by atoms with Gasteiger partial charge in [-0.3, -0.25) is 4.79 Å². The Morgan fingerprint density at radius 3 is 2.87 bits per heavy atom. The van der Waals surface area contributed by atoms with Gasteiger partial charge in [-0.1, -0.05) is 29.8 Å². The van der Waals surface area contributed by atoms with Crippen molar-refractivity contribution in [2.24, 2.45) is 0 Å². The summed E-state index contributed by atoms with van der Waals surface area (Å²) < 4.78 is 1.56. The number of amides is 1. The number of hydrogen-bond acceptors (Lipinski definition) is 5. The molecule has 1 saturated heterocycles. The molecule has 0 N–H and O–H groups in total. The molecule has 1 aromatic carbocycles. The SMILES string of the molecule is Cc1cccc(C2C(n3cnnn3)C(=O)N2Cc2ccsc2)c1. The average Bonchev–Trinajstić information content (AvgIpc) is 3.23. The van der Waals surface area contributed by atoms with Crippen LogP contribution in [-0.2, 0) is 11.3 Å². The van der Waals surface area contributed by atoms with Crippen LogP contribution in [0.4, 0.5) is 0 Å². The molecule has 3 heterocycles. The number of carbonyl (C=O) groups is 1. The second-order valence-electron chi connectivity index (χ2n) is 5.69. The van der Waals surface area contributed by atoms with Gasteiger partial charge in [-0.25, -0.2) is 4.68 Å². The van der Waals surface area contributed by atoms with Crippen LogP contribution in [0.2, 0.25) is 0 Å². The Morgan fingerprint density at radius 1 is 1.26 bits per heavy atom. The van der Waals surface area contributed by atoms with Crippen LogP contribution in [0.25, 0.3) is 0 Å². The van der Waals surface area contributed by atoms with Gasteiger partial charge in [-0.15, -0.1) is 5.10 Å². The van der Waals surface area contributed by atoms with Crippen molar-refractivity contribution in [3.8, 4) is 0 Å². The van der Waals surface area contributed by atoms with E-state index in [2.05, 4.69) is 52.1 Å². The van der Waals surface area contributed by atoms with Gasteiger partial charge in [0.2, 0.25) is 0 Å². The third kappa shape index (κ3) is 2.43. The van der Waals surface area contributed by atoms with E-state index in [0.29, 0.717) is 6.54 Å². The predicted molar refractivity (Wildman–Crippen MR) is 85.6 cm³/mol. The number of hydrogen-bond donors (Lipinski definition) is 0. The van der Waals surface area contributed by atoms with Gasteiger partial charge in [0.15, 0.2) is 6.04 Å². The van der Waals surface area contributed by atoms with E-state index in [4.69, 9.17) is 0 Å². The molecule has 0 radical (unpaired) electrons. The maximum absolute atomic E-state index is 12.7. The van der Waals surface area contributed by atoms with Gasteiger partial charge < -0.3 is 4.90 Å². The highest BCUT2D eigenvalue weighted by atomic mass is 32.1. The topological polar surface area (TPSA) is 63.9 Å². The fraction of sp³-hybridized carbons (Fsp3) is 0.250. The number of nitrogens with zero attached hydrogens (tertiary/aromatic N) is 5. The summed E-state index contributed by atoms with van der Waals surface area (Å²) in [6.45, 7) is 2.67. The lowest BCUT2D eigenvalue weighted by atomic mass is 9.87. The molecule has 7 heteroatoms. The maximum Gasteiger partial charge on any atom is 0.251 e. The summed E-state index contributed by atoms with van der Waals surface area (Å²) in [5, 5.41) is 15.4. The Hall–Kier alpha value is -2.54. The van der Waals surface area contributed by atoms with Gasteiger partial charge in [0.05, 0.1) is 6.04 Å². The lowest BCUT2D eigenvalue weighted by molar-refractivity contribution is -0.157. The van der Waals surface area contributed by atoms with Crippen LogP contribution in [0.5, 0.6) is 0 Å². The van der Waals surface area contributed by atoms with E-state index in [0.717, 1.165) is 11.1 Å². The van der Waals surface area contributed by atoms with Crippen LogP contribution in [0.3, 0.4) is 0 Å². The van der Waals surface area contributed by atoms with E-state index >= 15 is 0 Å². The molecule has 116 valence electrons. The van der Waals surface area contributed by atoms with Crippen molar-refractivity contribution in [3.63, 3.8) is 0 Å². The molecule has 23 heavy (non-hydrogen) atoms. The molecule has 4 rings (SSSR count). The number of aromatic nitrogens is 4. The number of β-lactam (4-membered cyclic amide) rings is 1. The zero-order valence-corrected chi connectivity index (χ0v) is 13.3. The largest absolute Gasteiger partial charge is 0.327 e. The summed E-state index contributed by atoms with van der Waals surface area (Å²) in [5.41, 5.74) is 3.43. The summed E-state index contributed by atoms with van der Waals surface area (Å²) >= 11 is 1.64. The third-order valence-electron chi connectivity index (χ3n) is 4.14. The standard InChI is InChI=1S/C16H15N5OS/c1-11-3-2-4-13(7-11)14-15(21-10-17-18-19-21)16(22)20(14)8-12-5-6-23-9-12/h2-7,9-10,14-15H,8H2,1H3. The van der Waals surface area contributed by atoms with Crippen molar-refractivity contribution >= 4 is 17.2 Å². The van der Waals surface area contributed by atoms with Gasteiger partial charge in [-0.05, 0) is 45.3 Å². The fourth-order valence-corrected chi connectivity index (χ4v) is 3.72. The molecule has 0 aliphatic carbocycles. The molecule has 1 aliphatic heterocycles. The van der Waals surface area contributed by atoms with Crippen LogP contribution < -0.4 is 0 Å². The van der Waals surface area contributed by atoms with E-state index in [1.165, 1.54) is 11.9 Å². The van der Waals surface area contributed by atoms with Gasteiger partial charge in [-0.2, -0.15) is 11.3 Å². The Kier molecular flexibility index (Phi) is 3.42. The molecule has 1 fully saturated rings. The first-order chi connectivity index (χ1) is 11.2. The van der Waals surface area contributed by atoms with Gasteiger partial charge in [0, 0.05) is 6.54 Å². The third-order valence-corrected chi connectivity index (χ3v) is 4.87. The van der Waals surface area contributed by atoms with Crippen molar-refractivity contribution < 1.29 is 4.79 Å². The van der Waals surface area contributed by atoms with Gasteiger partial charge in [0.25, 0.3) is 5.91 Å². The average molecular weight is 325 g/mol. The first kappa shape index (κ1) is 14.1. The lowest BCUT2D eigenvalue weighted by Crippen LogP contribution is -2.55. The van der Waals surface area contributed by atoms with E-state index in [1.807, 2.05) is 16.3 Å². The highest BCUT2D eigenvalue weighted by molar-refractivity contribution is 7.07. The summed E-state index contributed by atoms with van der Waals surface area (Å²) in [5.74, 6) is 0.0509. The zero-order chi connectivity index (χ0) is 15.8. The summed E-state index contributed by atoms with van der Waals surface area (Å²) in [7, 11) is 0. The number of carbonyl (C=O) groups excluding carboxylic acids is 1. The van der Waals surface area contributed by atoms with Crippen molar-refractivity contribution in [1.82, 2.24) is 25.1 Å². The Morgan fingerprint density at radius 2 is 2.17 bits per heavy atom. The zero-order valence-electron chi connectivity index (χ0n) is 12.5. The molecule has 0 bridgehead atoms. The second kappa shape index (κ2) is 5.58. The summed E-state index contributed by atoms with van der Waals surface area (Å²) in [6.07, 6.45) is 1.51. The predicted octanol–water partition coefficient (Wildman–Crippen LogP) is 2.37. The molecular weight excluding hydrogens is 310 g/mol. The minimum Gasteiger partial charge on any atom is -0.327 e. The minimum atomic E-state index is -0.370. The van der Waals surface area contributed by atoms with Gasteiger partial charge in [0.1, 0.15) is 6.33 Å². The first-order valence-corrected chi connectivity index (χ1v) is 8.29. The molecule has 6 nitrogen and oxygen atoms in total. The molecule has 1 amide bonds. The highest BCUT2D eigenvalue weighted by Crippen LogP contribution is 2.44. The number of aryl methyl sites for hydroxylation is 1. The quantitative estimate of drug-likeness (QED) is 0.691. The number of likely N-dealkylation sites (tertiary alicyclic amines) is 1. The summed E-state index contributed by atoms with van der Waals surface area (Å²) in [6, 6.07) is 9.88. The Labute approximate surface area is 137 Å². The van der Waals surface area contributed by atoms with Crippen molar-refractivity contribution in [3.05, 3.63) is 64.1 Å². The molecule has 2 unspecified atom stereocenters. The van der Waals surface area contributed by atoms with E-state index in [-0.39, 0.29) is 18.0 Å². The van der Waals surface area contributed by atoms with Crippen molar-refractivity contribution in [2.75, 3.05) is 0 Å². The van der Waals surface area contributed by atoms with Crippen molar-refractivity contribution in [1.29, 1.82) is 0 Å². The molecular formula is C16H15N5OS. The molecule has 1 aliphatic rings. The van der Waals surface area contributed by atoms with Crippen LogP contribution >= 0.6 is 11.3 Å². The maximum atomic E-state index is 12.7. The normalized spacial score (nSPS) is 20.6. The van der Waals surface area contributed by atoms with E-state index in [9.17, 15) is 4.79 Å².